The van der Waals surface area contributed by atoms with Crippen LogP contribution >= 0.6 is 0 Å². The van der Waals surface area contributed by atoms with Crippen molar-refractivity contribution in [2.75, 3.05) is 33.8 Å². The molecular weight excluding hydrogens is 388 g/mol. The van der Waals surface area contributed by atoms with Gasteiger partial charge < -0.3 is 20.1 Å². The molecule has 2 N–H and O–H groups in total. The zero-order valence-corrected chi connectivity index (χ0v) is 19.2. The predicted octanol–water partition coefficient (Wildman–Crippen LogP) is 3.85. The van der Waals surface area contributed by atoms with Gasteiger partial charge in [0, 0.05) is 38.3 Å². The van der Waals surface area contributed by atoms with E-state index in [1.165, 1.54) is 5.56 Å². The molecule has 6 heteroatoms. The van der Waals surface area contributed by atoms with E-state index >= 15 is 0 Å². The topological polar surface area (TPSA) is 58.1 Å². The highest BCUT2D eigenvalue weighted by atomic mass is 16.5. The zero-order chi connectivity index (χ0) is 22.1. The molecule has 0 radical (unpaired) electrons. The summed E-state index contributed by atoms with van der Waals surface area (Å²) in [6.07, 6.45) is 2.21. The predicted molar refractivity (Wildman–Crippen MR) is 127 cm³/mol. The van der Waals surface area contributed by atoms with Crippen molar-refractivity contribution >= 4 is 5.96 Å². The van der Waals surface area contributed by atoms with Gasteiger partial charge in [-0.2, -0.15) is 0 Å². The van der Waals surface area contributed by atoms with Crippen LogP contribution in [0.25, 0.3) is 0 Å². The molecular formula is C25H36N4O2. The van der Waals surface area contributed by atoms with E-state index in [1.807, 2.05) is 38.2 Å². The average Bonchev–Trinajstić information content (AvgIpc) is 2.82. The molecule has 1 saturated heterocycles. The quantitative estimate of drug-likeness (QED) is 0.498. The first-order chi connectivity index (χ1) is 15.1. The van der Waals surface area contributed by atoms with Crippen molar-refractivity contribution in [2.45, 2.75) is 44.9 Å². The lowest BCUT2D eigenvalue weighted by Crippen LogP contribution is -2.50. The Morgan fingerprint density at radius 1 is 1.06 bits per heavy atom. The maximum Gasteiger partial charge on any atom is 0.191 e. The van der Waals surface area contributed by atoms with Gasteiger partial charge in [0.05, 0.1) is 13.7 Å². The molecule has 1 aliphatic heterocycles. The first kappa shape index (κ1) is 22.9. The molecule has 1 fully saturated rings. The van der Waals surface area contributed by atoms with Crippen LogP contribution in [0.15, 0.2) is 59.6 Å². The number of piperidine rings is 1. The normalized spacial score (nSPS) is 17.6. The van der Waals surface area contributed by atoms with E-state index < -0.39 is 0 Å². The second kappa shape index (κ2) is 11.6. The Morgan fingerprint density at radius 2 is 1.77 bits per heavy atom. The highest BCUT2D eigenvalue weighted by molar-refractivity contribution is 5.80. The number of guanidine groups is 1. The largest absolute Gasteiger partial charge is 0.497 e. The minimum atomic E-state index is -0.000717. The maximum absolute atomic E-state index is 5.99. The lowest BCUT2D eigenvalue weighted by molar-refractivity contribution is 0.158. The van der Waals surface area contributed by atoms with E-state index in [0.717, 1.165) is 43.4 Å². The molecule has 6 nitrogen and oxygen atoms in total. The van der Waals surface area contributed by atoms with Crippen molar-refractivity contribution in [2.24, 2.45) is 4.99 Å². The Kier molecular flexibility index (Phi) is 8.59. The molecule has 2 atom stereocenters. The van der Waals surface area contributed by atoms with E-state index in [2.05, 4.69) is 57.8 Å². The number of hydrogen-bond acceptors (Lipinski definition) is 4. The van der Waals surface area contributed by atoms with Crippen LogP contribution in [0.5, 0.6) is 11.5 Å². The lowest BCUT2D eigenvalue weighted by atomic mass is 10.0. The van der Waals surface area contributed by atoms with Gasteiger partial charge in [-0.1, -0.05) is 36.4 Å². The van der Waals surface area contributed by atoms with Gasteiger partial charge in [0.15, 0.2) is 5.96 Å². The molecule has 0 saturated carbocycles. The molecule has 2 aromatic carbocycles. The summed E-state index contributed by atoms with van der Waals surface area (Å²) in [5, 5.41) is 6.97. The molecule has 0 bridgehead atoms. The van der Waals surface area contributed by atoms with E-state index in [9.17, 15) is 0 Å². The minimum Gasteiger partial charge on any atom is -0.497 e. The van der Waals surface area contributed by atoms with Crippen molar-refractivity contribution in [3.8, 4) is 11.5 Å². The van der Waals surface area contributed by atoms with Gasteiger partial charge in [-0.05, 0) is 44.4 Å². The van der Waals surface area contributed by atoms with Crippen LogP contribution in [0.4, 0.5) is 0 Å². The van der Waals surface area contributed by atoms with Crippen LogP contribution < -0.4 is 20.1 Å². The molecule has 0 amide bonds. The monoisotopic (exact) mass is 424 g/mol. The fraction of sp³-hybridized carbons (Fsp3) is 0.480. The highest BCUT2D eigenvalue weighted by Crippen LogP contribution is 2.24. The number of likely N-dealkylation sites (tertiary alicyclic amines) is 1. The van der Waals surface area contributed by atoms with E-state index in [-0.39, 0.29) is 6.10 Å². The zero-order valence-electron chi connectivity index (χ0n) is 19.2. The van der Waals surface area contributed by atoms with Gasteiger partial charge in [0.1, 0.15) is 17.6 Å². The van der Waals surface area contributed by atoms with Crippen LogP contribution in [0, 0.1) is 0 Å². The molecule has 31 heavy (non-hydrogen) atoms. The molecule has 0 spiro atoms. The van der Waals surface area contributed by atoms with Gasteiger partial charge in [0.25, 0.3) is 0 Å². The summed E-state index contributed by atoms with van der Waals surface area (Å²) in [6, 6.07) is 19.3. The van der Waals surface area contributed by atoms with E-state index in [4.69, 9.17) is 9.47 Å². The SMILES string of the molecule is CN=C(NCC(C)Oc1cccc(OC)c1)NC1CCN(C(C)c2ccccc2)CC1. The van der Waals surface area contributed by atoms with Crippen LogP contribution in [0.1, 0.15) is 38.3 Å². The highest BCUT2D eigenvalue weighted by Gasteiger charge is 2.24. The Bertz CT molecular complexity index is 819. The smallest absolute Gasteiger partial charge is 0.191 e. The standard InChI is InChI=1S/C25H36N4O2/c1-19(31-24-12-8-11-23(17-24)30-4)18-27-25(26-3)28-22-13-15-29(16-14-22)20(2)21-9-6-5-7-10-21/h5-12,17,19-20,22H,13-16,18H2,1-4H3,(H2,26,27,28). The van der Waals surface area contributed by atoms with Crippen molar-refractivity contribution in [3.63, 3.8) is 0 Å². The summed E-state index contributed by atoms with van der Waals surface area (Å²) >= 11 is 0. The molecule has 1 aliphatic rings. The molecule has 2 unspecified atom stereocenters. The number of methoxy groups -OCH3 is 1. The number of rotatable bonds is 8. The summed E-state index contributed by atoms with van der Waals surface area (Å²) in [6.45, 7) is 7.18. The van der Waals surface area contributed by atoms with E-state index in [1.54, 1.807) is 7.11 Å². The average molecular weight is 425 g/mol. The second-order valence-electron chi connectivity index (χ2n) is 8.10. The van der Waals surface area contributed by atoms with Gasteiger partial charge >= 0.3 is 0 Å². The van der Waals surface area contributed by atoms with E-state index in [0.29, 0.717) is 18.6 Å². The Balaban J connectivity index is 1.41. The third-order valence-electron chi connectivity index (χ3n) is 5.86. The molecule has 0 aromatic heterocycles. The number of nitrogens with zero attached hydrogens (tertiary/aromatic N) is 2. The summed E-state index contributed by atoms with van der Waals surface area (Å²) in [4.78, 5) is 6.96. The molecule has 3 rings (SSSR count). The number of hydrogen-bond donors (Lipinski definition) is 2. The number of ether oxygens (including phenoxy) is 2. The van der Waals surface area contributed by atoms with Crippen molar-refractivity contribution in [1.29, 1.82) is 0 Å². The third kappa shape index (κ3) is 6.89. The summed E-state index contributed by atoms with van der Waals surface area (Å²) < 4.78 is 11.2. The number of aliphatic imine (C=N–C) groups is 1. The van der Waals surface area contributed by atoms with Gasteiger partial charge in [-0.15, -0.1) is 0 Å². The molecule has 168 valence electrons. The Hall–Kier alpha value is -2.73. The van der Waals surface area contributed by atoms with Crippen molar-refractivity contribution in [1.82, 2.24) is 15.5 Å². The minimum absolute atomic E-state index is 0.000717. The summed E-state index contributed by atoms with van der Waals surface area (Å²) in [5.41, 5.74) is 1.39. The third-order valence-corrected chi connectivity index (χ3v) is 5.86. The Labute approximate surface area is 186 Å². The second-order valence-corrected chi connectivity index (χ2v) is 8.10. The lowest BCUT2D eigenvalue weighted by Gasteiger charge is -2.37. The Morgan fingerprint density at radius 3 is 2.45 bits per heavy atom. The first-order valence-corrected chi connectivity index (χ1v) is 11.2. The fourth-order valence-corrected chi connectivity index (χ4v) is 3.95. The first-order valence-electron chi connectivity index (χ1n) is 11.2. The number of benzene rings is 2. The maximum atomic E-state index is 5.99. The van der Waals surface area contributed by atoms with Crippen LogP contribution in [-0.2, 0) is 0 Å². The van der Waals surface area contributed by atoms with Crippen LogP contribution in [0.3, 0.4) is 0 Å². The molecule has 1 heterocycles. The fourth-order valence-electron chi connectivity index (χ4n) is 3.95. The van der Waals surface area contributed by atoms with Crippen molar-refractivity contribution in [3.05, 3.63) is 60.2 Å². The van der Waals surface area contributed by atoms with Crippen LogP contribution in [0.2, 0.25) is 0 Å². The van der Waals surface area contributed by atoms with Gasteiger partial charge in [-0.25, -0.2) is 0 Å². The van der Waals surface area contributed by atoms with Crippen molar-refractivity contribution < 1.29 is 9.47 Å². The van der Waals surface area contributed by atoms with Gasteiger partial charge in [-0.3, -0.25) is 9.89 Å². The number of nitrogens with one attached hydrogen (secondary N) is 2. The molecule has 2 aromatic rings. The van der Waals surface area contributed by atoms with Gasteiger partial charge in [0.2, 0.25) is 0 Å². The molecule has 0 aliphatic carbocycles. The summed E-state index contributed by atoms with van der Waals surface area (Å²) in [7, 11) is 3.47. The summed E-state index contributed by atoms with van der Waals surface area (Å²) in [5.74, 6) is 2.43. The van der Waals surface area contributed by atoms with Crippen LogP contribution in [-0.4, -0.2) is 56.8 Å².